The number of carbonyl (C=O) groups excluding carboxylic acids is 1. The number of nitrogens with one attached hydrogen (secondary N) is 2. The van der Waals surface area contributed by atoms with Gasteiger partial charge < -0.3 is 9.84 Å². The fraction of sp³-hybridized carbons (Fsp3) is 0.412. The van der Waals surface area contributed by atoms with Crippen molar-refractivity contribution >= 4 is 18.0 Å². The third-order valence-corrected chi connectivity index (χ3v) is 3.05. The molecule has 0 saturated heterocycles. The summed E-state index contributed by atoms with van der Waals surface area (Å²) in [7, 11) is 0. The molecule has 0 spiro atoms. The number of carboxylic acids is 1. The van der Waals surface area contributed by atoms with Gasteiger partial charge in [-0.1, -0.05) is 24.3 Å². The topological polar surface area (TPSA) is 108 Å². The molecule has 0 aliphatic rings. The van der Waals surface area contributed by atoms with Crippen LogP contribution in [0.2, 0.25) is 0 Å². The van der Waals surface area contributed by atoms with Crippen LogP contribution in [0.25, 0.3) is 6.08 Å². The Labute approximate surface area is 141 Å². The number of carbonyl (C=O) groups is 2. The van der Waals surface area contributed by atoms with Crippen LogP contribution < -0.4 is 10.8 Å². The first-order chi connectivity index (χ1) is 11.2. The molecule has 1 rings (SSSR count). The third kappa shape index (κ3) is 7.87. The van der Waals surface area contributed by atoms with Crippen molar-refractivity contribution in [3.05, 3.63) is 41.5 Å². The van der Waals surface area contributed by atoms with E-state index in [0.29, 0.717) is 6.54 Å². The number of hydroxylamine groups is 1. The van der Waals surface area contributed by atoms with E-state index in [1.54, 1.807) is 18.2 Å². The first-order valence-electron chi connectivity index (χ1n) is 7.52. The molecule has 0 saturated carbocycles. The molecule has 24 heavy (non-hydrogen) atoms. The molecule has 1 aromatic carbocycles. The van der Waals surface area contributed by atoms with Gasteiger partial charge in [-0.3, -0.25) is 20.1 Å². The van der Waals surface area contributed by atoms with Gasteiger partial charge in [0.05, 0.1) is 12.2 Å². The van der Waals surface area contributed by atoms with Crippen LogP contribution in [0.4, 0.5) is 0 Å². The summed E-state index contributed by atoms with van der Waals surface area (Å²) in [5.41, 5.74) is 2.80. The smallest absolute Gasteiger partial charge is 0.323 e. The Kier molecular flexibility index (Phi) is 7.57. The second-order valence-electron chi connectivity index (χ2n) is 6.25. The van der Waals surface area contributed by atoms with E-state index in [-0.39, 0.29) is 6.61 Å². The van der Waals surface area contributed by atoms with Crippen molar-refractivity contribution in [1.29, 1.82) is 0 Å². The van der Waals surface area contributed by atoms with E-state index in [1.165, 1.54) is 11.6 Å². The molecule has 0 unspecified atom stereocenters. The van der Waals surface area contributed by atoms with E-state index in [0.717, 1.165) is 11.1 Å². The van der Waals surface area contributed by atoms with Crippen LogP contribution in [0.1, 0.15) is 31.9 Å². The number of hydrogen-bond acceptors (Lipinski definition) is 5. The van der Waals surface area contributed by atoms with Gasteiger partial charge in [-0.05, 0) is 38.0 Å². The monoisotopic (exact) mass is 336 g/mol. The Morgan fingerprint density at radius 3 is 2.38 bits per heavy atom. The van der Waals surface area contributed by atoms with Crippen LogP contribution in [-0.2, 0) is 20.9 Å². The number of carboxylic acid groups (broad SMARTS) is 1. The predicted molar refractivity (Wildman–Crippen MR) is 89.4 cm³/mol. The van der Waals surface area contributed by atoms with Crippen molar-refractivity contribution in [2.24, 2.45) is 0 Å². The first-order valence-corrected chi connectivity index (χ1v) is 7.52. The summed E-state index contributed by atoms with van der Waals surface area (Å²) >= 11 is 0. The van der Waals surface area contributed by atoms with E-state index in [9.17, 15) is 14.7 Å². The quantitative estimate of drug-likeness (QED) is 0.326. The Bertz CT molecular complexity index is 576. The zero-order chi connectivity index (χ0) is 18.2. The van der Waals surface area contributed by atoms with E-state index < -0.39 is 23.5 Å². The van der Waals surface area contributed by atoms with Crippen LogP contribution >= 0.6 is 0 Å². The molecular weight excluding hydrogens is 312 g/mol. The zero-order valence-electron chi connectivity index (χ0n) is 14.1. The van der Waals surface area contributed by atoms with Crippen LogP contribution in [0.15, 0.2) is 30.3 Å². The lowest BCUT2D eigenvalue weighted by Crippen LogP contribution is -2.42. The molecule has 1 atom stereocenters. The Morgan fingerprint density at radius 1 is 1.25 bits per heavy atom. The van der Waals surface area contributed by atoms with Crippen molar-refractivity contribution < 1.29 is 24.6 Å². The lowest BCUT2D eigenvalue weighted by molar-refractivity contribution is -0.142. The minimum absolute atomic E-state index is 0.0793. The molecule has 0 bridgehead atoms. The van der Waals surface area contributed by atoms with Crippen molar-refractivity contribution in [3.8, 4) is 0 Å². The summed E-state index contributed by atoms with van der Waals surface area (Å²) in [6.45, 7) is 6.07. The fourth-order valence-corrected chi connectivity index (χ4v) is 1.75. The average Bonchev–Trinajstić information content (AvgIpc) is 2.52. The van der Waals surface area contributed by atoms with Gasteiger partial charge >= 0.3 is 5.97 Å². The standard InChI is InChI=1S/C17H24N2O5/c1-17(2,3)24-11-14(16(21)22)18-10-13-6-4-12(5-7-13)8-9-15(20)19-23/h4-9,14,18,23H,10-11H2,1-3H3,(H,19,20)(H,21,22)/b9-8+/t14-/m0/s1. The number of hydrogen-bond donors (Lipinski definition) is 4. The second kappa shape index (κ2) is 9.17. The molecule has 0 radical (unpaired) electrons. The molecule has 1 aromatic rings. The van der Waals surface area contributed by atoms with Crippen LogP contribution in [0.3, 0.4) is 0 Å². The summed E-state index contributed by atoms with van der Waals surface area (Å²) in [5, 5.41) is 20.6. The predicted octanol–water partition coefficient (Wildman–Crippen LogP) is 1.56. The summed E-state index contributed by atoms with van der Waals surface area (Å²) in [4.78, 5) is 22.2. The molecule has 0 aliphatic carbocycles. The van der Waals surface area contributed by atoms with Crippen LogP contribution in [0.5, 0.6) is 0 Å². The highest BCUT2D eigenvalue weighted by atomic mass is 16.5. The lowest BCUT2D eigenvalue weighted by atomic mass is 10.1. The first kappa shape index (κ1) is 19.8. The maximum atomic E-state index is 11.3. The molecule has 4 N–H and O–H groups in total. The highest BCUT2D eigenvalue weighted by Crippen LogP contribution is 2.09. The molecule has 132 valence electrons. The number of benzene rings is 1. The summed E-state index contributed by atoms with van der Waals surface area (Å²) < 4.78 is 5.51. The highest BCUT2D eigenvalue weighted by Gasteiger charge is 2.20. The second-order valence-corrected chi connectivity index (χ2v) is 6.25. The molecule has 0 fully saturated rings. The zero-order valence-corrected chi connectivity index (χ0v) is 14.1. The van der Waals surface area contributed by atoms with E-state index in [4.69, 9.17) is 9.94 Å². The fourth-order valence-electron chi connectivity index (χ4n) is 1.75. The van der Waals surface area contributed by atoms with Crippen molar-refractivity contribution in [1.82, 2.24) is 10.8 Å². The molecule has 7 nitrogen and oxygen atoms in total. The third-order valence-electron chi connectivity index (χ3n) is 3.05. The number of ether oxygens (including phenoxy) is 1. The Morgan fingerprint density at radius 2 is 1.88 bits per heavy atom. The summed E-state index contributed by atoms with van der Waals surface area (Å²) in [6.07, 6.45) is 2.76. The Balaban J connectivity index is 2.57. The Hall–Kier alpha value is -2.22. The van der Waals surface area contributed by atoms with Gasteiger partial charge in [0.25, 0.3) is 5.91 Å². The van der Waals surface area contributed by atoms with Gasteiger partial charge in [0.1, 0.15) is 6.04 Å². The van der Waals surface area contributed by atoms with E-state index >= 15 is 0 Å². The van der Waals surface area contributed by atoms with Gasteiger partial charge in [0, 0.05) is 12.6 Å². The van der Waals surface area contributed by atoms with Gasteiger partial charge in [-0.25, -0.2) is 5.48 Å². The molecular formula is C17H24N2O5. The largest absolute Gasteiger partial charge is 0.480 e. The van der Waals surface area contributed by atoms with Crippen LogP contribution in [-0.4, -0.2) is 40.4 Å². The van der Waals surface area contributed by atoms with Crippen molar-refractivity contribution in [3.63, 3.8) is 0 Å². The SMILES string of the molecule is CC(C)(C)OC[C@H](NCc1ccc(/C=C/C(=O)NO)cc1)C(=O)O. The number of amides is 1. The van der Waals surface area contributed by atoms with Crippen LogP contribution in [0, 0.1) is 0 Å². The normalized spacial score (nSPS) is 13.0. The highest BCUT2D eigenvalue weighted by molar-refractivity contribution is 5.90. The van der Waals surface area contributed by atoms with Crippen molar-refractivity contribution in [2.75, 3.05) is 6.61 Å². The number of rotatable bonds is 8. The average molecular weight is 336 g/mol. The van der Waals surface area contributed by atoms with E-state index in [1.807, 2.05) is 32.9 Å². The van der Waals surface area contributed by atoms with Crippen molar-refractivity contribution in [2.45, 2.75) is 39.0 Å². The van der Waals surface area contributed by atoms with Gasteiger partial charge in [0.15, 0.2) is 0 Å². The van der Waals surface area contributed by atoms with Gasteiger partial charge in [0.2, 0.25) is 0 Å². The maximum Gasteiger partial charge on any atom is 0.323 e. The summed E-state index contributed by atoms with van der Waals surface area (Å²) in [6, 6.07) is 6.44. The molecule has 0 aromatic heterocycles. The van der Waals surface area contributed by atoms with Gasteiger partial charge in [-0.15, -0.1) is 0 Å². The molecule has 1 amide bonds. The van der Waals surface area contributed by atoms with Gasteiger partial charge in [-0.2, -0.15) is 0 Å². The summed E-state index contributed by atoms with van der Waals surface area (Å²) in [5.74, 6) is -1.57. The maximum absolute atomic E-state index is 11.3. The molecule has 0 heterocycles. The minimum atomic E-state index is -0.964. The molecule has 7 heteroatoms. The lowest BCUT2D eigenvalue weighted by Gasteiger charge is -2.23. The molecule has 0 aliphatic heterocycles. The van der Waals surface area contributed by atoms with E-state index in [2.05, 4.69) is 5.32 Å². The minimum Gasteiger partial charge on any atom is -0.480 e. The number of aliphatic carboxylic acids is 1.